The Kier molecular flexibility index (Phi) is 10.2. The van der Waals surface area contributed by atoms with Crippen LogP contribution in [-0.4, -0.2) is 26.1 Å². The van der Waals surface area contributed by atoms with Gasteiger partial charge in [0.2, 0.25) is 0 Å². The van der Waals surface area contributed by atoms with Gasteiger partial charge in [0, 0.05) is 29.7 Å². The largest absolute Gasteiger partial charge is 0.443 e. The van der Waals surface area contributed by atoms with Gasteiger partial charge in [-0.05, 0) is 28.5 Å². The molecular weight excluding hydrogens is 528 g/mol. The standard InChI is InChI=1S/C21H22N2O3.C13H16N2O/c1-15(2)19-18(13-16-9-5-3-6-10-16)20(24)22-23(19)21(25)26-14-17-11-7-4-8-12-17;1-9(2)12-11(13(16)15-14-12)8-10-6-4-3-5-7-10/h3-12,15H,13-14H2,1-2H3,(H,22,24);3-7,9H,8H2,1-2H3,(H2,14,15,16). The fourth-order valence-corrected chi connectivity index (χ4v) is 4.85. The maximum absolute atomic E-state index is 12.5. The van der Waals surface area contributed by atoms with Crippen LogP contribution in [0, 0.1) is 0 Å². The van der Waals surface area contributed by atoms with Crippen molar-refractivity contribution in [3.63, 3.8) is 0 Å². The van der Waals surface area contributed by atoms with Crippen LogP contribution in [0.3, 0.4) is 0 Å². The van der Waals surface area contributed by atoms with Gasteiger partial charge < -0.3 is 9.84 Å². The predicted molar refractivity (Wildman–Crippen MR) is 165 cm³/mol. The summed E-state index contributed by atoms with van der Waals surface area (Å²) in [6.45, 7) is 8.23. The highest BCUT2D eigenvalue weighted by atomic mass is 16.6. The summed E-state index contributed by atoms with van der Waals surface area (Å²) in [6.07, 6.45) is 0.588. The van der Waals surface area contributed by atoms with Crippen molar-refractivity contribution in [1.82, 2.24) is 20.0 Å². The topological polar surface area (TPSA) is 113 Å². The minimum absolute atomic E-state index is 0.00284. The normalized spacial score (nSPS) is 10.9. The molecule has 42 heavy (non-hydrogen) atoms. The lowest BCUT2D eigenvalue weighted by Gasteiger charge is -2.12. The highest BCUT2D eigenvalue weighted by Crippen LogP contribution is 2.20. The molecule has 5 rings (SSSR count). The first kappa shape index (κ1) is 30.1. The summed E-state index contributed by atoms with van der Waals surface area (Å²) in [4.78, 5) is 36.7. The molecule has 2 aromatic heterocycles. The van der Waals surface area contributed by atoms with Crippen LogP contribution in [0.25, 0.3) is 0 Å². The number of hydrogen-bond donors (Lipinski definition) is 3. The number of nitrogens with one attached hydrogen (secondary N) is 3. The van der Waals surface area contributed by atoms with Crippen LogP contribution in [0.4, 0.5) is 4.79 Å². The maximum Gasteiger partial charge on any atom is 0.433 e. The Labute approximate surface area is 245 Å². The SMILES string of the molecule is CC(C)c1[nH][nH]c(=O)c1Cc1ccccc1.CC(C)c1c(Cc2ccccc2)c(=O)[nH]n1C(=O)OCc1ccccc1. The van der Waals surface area contributed by atoms with Gasteiger partial charge in [0.05, 0.1) is 5.69 Å². The summed E-state index contributed by atoms with van der Waals surface area (Å²) >= 11 is 0. The first-order valence-electron chi connectivity index (χ1n) is 14.2. The van der Waals surface area contributed by atoms with Crippen molar-refractivity contribution in [3.8, 4) is 0 Å². The molecule has 0 saturated heterocycles. The number of ether oxygens (including phenoxy) is 1. The molecule has 0 radical (unpaired) electrons. The number of hydrogen-bond acceptors (Lipinski definition) is 4. The molecule has 0 atom stereocenters. The lowest BCUT2D eigenvalue weighted by atomic mass is 10.00. The van der Waals surface area contributed by atoms with Crippen LogP contribution < -0.4 is 11.1 Å². The van der Waals surface area contributed by atoms with Crippen molar-refractivity contribution >= 4 is 6.09 Å². The van der Waals surface area contributed by atoms with Gasteiger partial charge in [-0.3, -0.25) is 19.8 Å². The molecule has 2 heterocycles. The third-order valence-corrected chi connectivity index (χ3v) is 6.91. The zero-order valence-corrected chi connectivity index (χ0v) is 24.5. The molecule has 0 bridgehead atoms. The number of benzene rings is 3. The lowest BCUT2D eigenvalue weighted by Crippen LogP contribution is -2.19. The molecular formula is C34H38N4O4. The molecule has 0 unspecified atom stereocenters. The van der Waals surface area contributed by atoms with E-state index < -0.39 is 6.09 Å². The molecule has 5 aromatic rings. The van der Waals surface area contributed by atoms with Gasteiger partial charge in [-0.2, -0.15) is 4.68 Å². The summed E-state index contributed by atoms with van der Waals surface area (Å²) in [6, 6.07) is 29.2. The summed E-state index contributed by atoms with van der Waals surface area (Å²) in [7, 11) is 0. The number of aromatic amines is 3. The van der Waals surface area contributed by atoms with E-state index in [0.717, 1.165) is 27.9 Å². The number of carbonyl (C=O) groups excluding carboxylic acids is 1. The third-order valence-electron chi connectivity index (χ3n) is 6.91. The Balaban J connectivity index is 0.000000216. The molecule has 8 heteroatoms. The van der Waals surface area contributed by atoms with E-state index in [1.54, 1.807) is 0 Å². The van der Waals surface area contributed by atoms with Crippen molar-refractivity contribution in [3.05, 3.63) is 151 Å². The molecule has 0 aliphatic rings. The van der Waals surface area contributed by atoms with Crippen LogP contribution in [-0.2, 0) is 24.2 Å². The number of carbonyl (C=O) groups is 1. The Bertz CT molecular complexity index is 1680. The predicted octanol–water partition coefficient (Wildman–Crippen LogP) is 6.49. The van der Waals surface area contributed by atoms with E-state index in [-0.39, 0.29) is 23.6 Å². The molecule has 0 saturated carbocycles. The second-order valence-electron chi connectivity index (χ2n) is 10.8. The molecule has 3 N–H and O–H groups in total. The van der Waals surface area contributed by atoms with Crippen molar-refractivity contribution in [2.24, 2.45) is 0 Å². The quantitative estimate of drug-likeness (QED) is 0.199. The van der Waals surface area contributed by atoms with Gasteiger partial charge in [-0.15, -0.1) is 0 Å². The average molecular weight is 567 g/mol. The summed E-state index contributed by atoms with van der Waals surface area (Å²) in [5.41, 5.74) is 5.94. The summed E-state index contributed by atoms with van der Waals surface area (Å²) in [5.74, 6) is 0.328. The molecule has 218 valence electrons. The average Bonchev–Trinajstić information content (AvgIpc) is 3.53. The molecule has 8 nitrogen and oxygen atoms in total. The van der Waals surface area contributed by atoms with E-state index >= 15 is 0 Å². The van der Waals surface area contributed by atoms with E-state index in [9.17, 15) is 14.4 Å². The monoisotopic (exact) mass is 566 g/mol. The molecule has 0 amide bonds. The first-order chi connectivity index (χ1) is 20.2. The molecule has 0 aliphatic carbocycles. The summed E-state index contributed by atoms with van der Waals surface area (Å²) in [5, 5.41) is 8.25. The Hall–Kier alpha value is -4.85. The zero-order valence-electron chi connectivity index (χ0n) is 24.5. The Morgan fingerprint density at radius 3 is 1.67 bits per heavy atom. The van der Waals surface area contributed by atoms with Gasteiger partial charge in [0.1, 0.15) is 6.61 Å². The van der Waals surface area contributed by atoms with Gasteiger partial charge >= 0.3 is 6.09 Å². The Morgan fingerprint density at radius 1 is 0.667 bits per heavy atom. The van der Waals surface area contributed by atoms with Crippen molar-refractivity contribution in [2.45, 2.75) is 59.0 Å². The number of nitrogens with zero attached hydrogens (tertiary/aromatic N) is 1. The van der Waals surface area contributed by atoms with Gasteiger partial charge in [-0.1, -0.05) is 119 Å². The van der Waals surface area contributed by atoms with Gasteiger partial charge in [0.15, 0.2) is 0 Å². The second-order valence-corrected chi connectivity index (χ2v) is 10.8. The van der Waals surface area contributed by atoms with Crippen LogP contribution in [0.15, 0.2) is 101 Å². The molecule has 0 aliphatic heterocycles. The second kappa shape index (κ2) is 14.2. The minimum atomic E-state index is -0.575. The highest BCUT2D eigenvalue weighted by Gasteiger charge is 2.22. The third kappa shape index (κ3) is 7.66. The Morgan fingerprint density at radius 2 is 1.17 bits per heavy atom. The zero-order chi connectivity index (χ0) is 30.1. The highest BCUT2D eigenvalue weighted by molar-refractivity contribution is 5.71. The van der Waals surface area contributed by atoms with Crippen molar-refractivity contribution in [2.75, 3.05) is 0 Å². The van der Waals surface area contributed by atoms with Crippen LogP contribution in [0.2, 0.25) is 0 Å². The minimum Gasteiger partial charge on any atom is -0.443 e. The van der Waals surface area contributed by atoms with E-state index in [0.29, 0.717) is 30.0 Å². The molecule has 0 spiro atoms. The van der Waals surface area contributed by atoms with Gasteiger partial charge in [-0.25, -0.2) is 4.79 Å². The van der Waals surface area contributed by atoms with Crippen LogP contribution in [0.1, 0.15) is 78.7 Å². The van der Waals surface area contributed by atoms with E-state index in [2.05, 4.69) is 29.1 Å². The fourth-order valence-electron chi connectivity index (χ4n) is 4.85. The fraction of sp³-hybridized carbons (Fsp3) is 0.265. The van der Waals surface area contributed by atoms with Gasteiger partial charge in [0.25, 0.3) is 11.1 Å². The lowest BCUT2D eigenvalue weighted by molar-refractivity contribution is 0.136. The summed E-state index contributed by atoms with van der Waals surface area (Å²) < 4.78 is 6.62. The van der Waals surface area contributed by atoms with Crippen LogP contribution in [0.5, 0.6) is 0 Å². The van der Waals surface area contributed by atoms with Crippen molar-refractivity contribution in [1.29, 1.82) is 0 Å². The first-order valence-corrected chi connectivity index (χ1v) is 14.2. The van der Waals surface area contributed by atoms with Crippen LogP contribution >= 0.6 is 0 Å². The smallest absolute Gasteiger partial charge is 0.433 e. The van der Waals surface area contributed by atoms with E-state index in [4.69, 9.17) is 4.74 Å². The number of rotatable bonds is 8. The van der Waals surface area contributed by atoms with E-state index in [1.165, 1.54) is 4.68 Å². The number of H-pyrrole nitrogens is 3. The number of aromatic nitrogens is 4. The van der Waals surface area contributed by atoms with E-state index in [1.807, 2.05) is 105 Å². The molecule has 0 fully saturated rings. The maximum atomic E-state index is 12.5. The molecule has 3 aromatic carbocycles. The van der Waals surface area contributed by atoms with Crippen molar-refractivity contribution < 1.29 is 9.53 Å².